The van der Waals surface area contributed by atoms with Gasteiger partial charge in [-0.3, -0.25) is 9.59 Å². The highest BCUT2D eigenvalue weighted by Gasteiger charge is 2.21. The van der Waals surface area contributed by atoms with E-state index in [1.54, 1.807) is 0 Å². The molecule has 1 heterocycles. The lowest BCUT2D eigenvalue weighted by molar-refractivity contribution is -0.136. The first kappa shape index (κ1) is 10.6. The minimum atomic E-state index is -0.236. The largest absolute Gasteiger partial charge is 0.358 e. The zero-order valence-corrected chi connectivity index (χ0v) is 8.12. The molecule has 1 aliphatic heterocycles. The minimum absolute atomic E-state index is 0.0289. The van der Waals surface area contributed by atoms with Gasteiger partial charge >= 0.3 is 0 Å². The zero-order chi connectivity index (χ0) is 10.6. The van der Waals surface area contributed by atoms with Crippen molar-refractivity contribution in [2.45, 2.75) is 12.8 Å². The molecule has 0 radical (unpaired) electrons. The molecule has 0 saturated heterocycles. The third-order valence-electron chi connectivity index (χ3n) is 1.99. The van der Waals surface area contributed by atoms with Crippen LogP contribution >= 0.6 is 0 Å². The Morgan fingerprint density at radius 3 is 2.93 bits per heavy atom. The van der Waals surface area contributed by atoms with Crippen LogP contribution in [0.2, 0.25) is 0 Å². The van der Waals surface area contributed by atoms with E-state index in [1.807, 2.05) is 0 Å². The van der Waals surface area contributed by atoms with E-state index in [4.69, 9.17) is 5.73 Å². The molecule has 0 fully saturated rings. The second kappa shape index (κ2) is 4.71. The van der Waals surface area contributed by atoms with E-state index in [9.17, 15) is 9.59 Å². The normalized spacial score (nSPS) is 16.6. The van der Waals surface area contributed by atoms with Gasteiger partial charge in [0, 0.05) is 20.0 Å². The van der Waals surface area contributed by atoms with Crippen LogP contribution in [0, 0.1) is 0 Å². The molecule has 0 spiro atoms. The van der Waals surface area contributed by atoms with Crippen molar-refractivity contribution < 1.29 is 9.59 Å². The number of amides is 2. The number of hydrogen-bond acceptors (Lipinski definition) is 4. The average molecular weight is 198 g/mol. The number of hydrazone groups is 1. The highest BCUT2D eigenvalue weighted by atomic mass is 16.2. The molecule has 1 aliphatic rings. The van der Waals surface area contributed by atoms with Crippen LogP contribution in [0.1, 0.15) is 12.8 Å². The smallest absolute Gasteiger partial charge is 0.243 e. The molecule has 2 amide bonds. The van der Waals surface area contributed by atoms with Gasteiger partial charge in [0.2, 0.25) is 11.8 Å². The average Bonchev–Trinajstić information content (AvgIpc) is 2.21. The topological polar surface area (TPSA) is 87.8 Å². The van der Waals surface area contributed by atoms with E-state index in [1.165, 1.54) is 12.1 Å². The Balaban J connectivity index is 2.64. The molecule has 0 aromatic heterocycles. The maximum absolute atomic E-state index is 11.3. The van der Waals surface area contributed by atoms with Gasteiger partial charge in [0.15, 0.2) is 0 Å². The first-order chi connectivity index (χ1) is 6.67. The molecular formula is C8H14N4O2. The Morgan fingerprint density at radius 2 is 2.36 bits per heavy atom. The first-order valence-corrected chi connectivity index (χ1v) is 4.44. The molecule has 1 rings (SSSR count). The highest BCUT2D eigenvalue weighted by molar-refractivity contribution is 5.95. The molecular weight excluding hydrogens is 184 g/mol. The van der Waals surface area contributed by atoms with Crippen LogP contribution in [0.5, 0.6) is 0 Å². The molecule has 14 heavy (non-hydrogen) atoms. The van der Waals surface area contributed by atoms with Crippen LogP contribution in [-0.2, 0) is 9.59 Å². The van der Waals surface area contributed by atoms with Gasteiger partial charge in [-0.15, -0.1) is 0 Å². The van der Waals surface area contributed by atoms with Crippen LogP contribution in [0.15, 0.2) is 5.10 Å². The fourth-order valence-corrected chi connectivity index (χ4v) is 1.14. The standard InChI is InChI=1S/C8H14N4O2/c1-10-7(13)5-12-8(14)3-2-6(4-9)11-12/h2-5,9H2,1H3,(H,10,13). The van der Waals surface area contributed by atoms with E-state index in [-0.39, 0.29) is 18.4 Å². The molecule has 0 aromatic rings. The van der Waals surface area contributed by atoms with Crippen molar-refractivity contribution in [1.82, 2.24) is 10.3 Å². The third-order valence-corrected chi connectivity index (χ3v) is 1.99. The Kier molecular flexibility index (Phi) is 3.58. The fourth-order valence-electron chi connectivity index (χ4n) is 1.14. The maximum Gasteiger partial charge on any atom is 0.243 e. The summed E-state index contributed by atoms with van der Waals surface area (Å²) in [6, 6.07) is 0. The molecule has 0 aromatic carbocycles. The van der Waals surface area contributed by atoms with Crippen molar-refractivity contribution in [1.29, 1.82) is 0 Å². The number of hydrogen-bond donors (Lipinski definition) is 2. The van der Waals surface area contributed by atoms with E-state index in [0.29, 0.717) is 19.4 Å². The van der Waals surface area contributed by atoms with Gasteiger partial charge in [0.1, 0.15) is 6.54 Å². The number of nitrogens with two attached hydrogens (primary N) is 1. The van der Waals surface area contributed by atoms with Crippen LogP contribution in [0.4, 0.5) is 0 Å². The van der Waals surface area contributed by atoms with Gasteiger partial charge in [-0.1, -0.05) is 0 Å². The van der Waals surface area contributed by atoms with Crippen LogP contribution < -0.4 is 11.1 Å². The molecule has 3 N–H and O–H groups in total. The summed E-state index contributed by atoms with van der Waals surface area (Å²) in [5, 5.41) is 7.59. The molecule has 6 nitrogen and oxygen atoms in total. The van der Waals surface area contributed by atoms with E-state index >= 15 is 0 Å². The van der Waals surface area contributed by atoms with Gasteiger partial charge in [-0.25, -0.2) is 5.01 Å². The van der Waals surface area contributed by atoms with E-state index in [2.05, 4.69) is 10.4 Å². The van der Waals surface area contributed by atoms with Crippen molar-refractivity contribution in [2.24, 2.45) is 10.8 Å². The highest BCUT2D eigenvalue weighted by Crippen LogP contribution is 2.07. The first-order valence-electron chi connectivity index (χ1n) is 4.44. The number of nitrogens with zero attached hydrogens (tertiary/aromatic N) is 2. The Morgan fingerprint density at radius 1 is 1.64 bits per heavy atom. The number of likely N-dealkylation sites (N-methyl/N-ethyl adjacent to an activating group) is 1. The van der Waals surface area contributed by atoms with Gasteiger partial charge in [0.25, 0.3) is 0 Å². The summed E-state index contributed by atoms with van der Waals surface area (Å²) in [5.41, 5.74) is 6.16. The summed E-state index contributed by atoms with van der Waals surface area (Å²) in [6.07, 6.45) is 0.979. The van der Waals surface area contributed by atoms with Crippen molar-refractivity contribution in [3.8, 4) is 0 Å². The van der Waals surface area contributed by atoms with Crippen molar-refractivity contribution in [3.63, 3.8) is 0 Å². The predicted molar refractivity (Wildman–Crippen MR) is 51.5 cm³/mol. The molecule has 6 heteroatoms. The summed E-state index contributed by atoms with van der Waals surface area (Å²) < 4.78 is 0. The number of nitrogens with one attached hydrogen (secondary N) is 1. The van der Waals surface area contributed by atoms with Crippen molar-refractivity contribution in [2.75, 3.05) is 20.1 Å². The Bertz CT molecular complexity index is 275. The molecule has 0 atom stereocenters. The van der Waals surface area contributed by atoms with Crippen LogP contribution in [-0.4, -0.2) is 42.7 Å². The van der Waals surface area contributed by atoms with Gasteiger partial charge in [-0.05, 0) is 6.42 Å². The lowest BCUT2D eigenvalue weighted by Crippen LogP contribution is -2.40. The van der Waals surface area contributed by atoms with E-state index in [0.717, 1.165) is 5.71 Å². The summed E-state index contributed by atoms with van der Waals surface area (Å²) in [5.74, 6) is -0.369. The molecule has 0 unspecified atom stereocenters. The molecule has 0 saturated carbocycles. The number of carbonyl (C=O) groups excluding carboxylic acids is 2. The Hall–Kier alpha value is -1.43. The summed E-state index contributed by atoms with van der Waals surface area (Å²) >= 11 is 0. The van der Waals surface area contributed by atoms with Gasteiger partial charge in [-0.2, -0.15) is 5.10 Å². The van der Waals surface area contributed by atoms with Crippen LogP contribution in [0.3, 0.4) is 0 Å². The van der Waals surface area contributed by atoms with Gasteiger partial charge < -0.3 is 11.1 Å². The van der Waals surface area contributed by atoms with Gasteiger partial charge in [0.05, 0.1) is 5.71 Å². The molecule has 0 bridgehead atoms. The molecule has 0 aliphatic carbocycles. The lowest BCUT2D eigenvalue weighted by atomic mass is 10.2. The number of rotatable bonds is 3. The van der Waals surface area contributed by atoms with Crippen molar-refractivity contribution >= 4 is 17.5 Å². The SMILES string of the molecule is CNC(=O)CN1N=C(CN)CCC1=O. The van der Waals surface area contributed by atoms with Crippen molar-refractivity contribution in [3.05, 3.63) is 0 Å². The minimum Gasteiger partial charge on any atom is -0.358 e. The van der Waals surface area contributed by atoms with E-state index < -0.39 is 0 Å². The predicted octanol–water partition coefficient (Wildman–Crippen LogP) is -1.33. The molecule has 78 valence electrons. The second-order valence-corrected chi connectivity index (χ2v) is 2.99. The lowest BCUT2D eigenvalue weighted by Gasteiger charge is -2.22. The monoisotopic (exact) mass is 198 g/mol. The maximum atomic E-state index is 11.3. The second-order valence-electron chi connectivity index (χ2n) is 2.99. The zero-order valence-electron chi connectivity index (χ0n) is 8.12. The number of carbonyl (C=O) groups is 2. The quantitative estimate of drug-likeness (QED) is 0.589. The summed E-state index contributed by atoms with van der Waals surface area (Å²) in [4.78, 5) is 22.3. The Labute approximate surface area is 82.1 Å². The summed E-state index contributed by atoms with van der Waals surface area (Å²) in [7, 11) is 1.52. The summed E-state index contributed by atoms with van der Waals surface area (Å²) in [6.45, 7) is 0.302. The fraction of sp³-hybridized carbons (Fsp3) is 0.625. The van der Waals surface area contributed by atoms with Crippen LogP contribution in [0.25, 0.3) is 0 Å². The third kappa shape index (κ3) is 2.53.